The van der Waals surface area contributed by atoms with Crippen molar-refractivity contribution >= 4 is 5.97 Å². The van der Waals surface area contributed by atoms with E-state index in [2.05, 4.69) is 6.07 Å². The van der Waals surface area contributed by atoms with E-state index in [1.807, 2.05) is 19.9 Å². The van der Waals surface area contributed by atoms with Crippen LogP contribution in [0.5, 0.6) is 5.75 Å². The highest BCUT2D eigenvalue weighted by Gasteiger charge is 2.24. The molecule has 1 N–H and O–H groups in total. The van der Waals surface area contributed by atoms with Crippen LogP contribution in [0.1, 0.15) is 41.9 Å². The maximum absolute atomic E-state index is 10.9. The largest absolute Gasteiger partial charge is 0.493 e. The fourth-order valence-corrected chi connectivity index (χ4v) is 2.65. The van der Waals surface area contributed by atoms with Crippen LogP contribution in [0.15, 0.2) is 12.1 Å². The third-order valence-electron chi connectivity index (χ3n) is 3.28. The molecule has 0 aromatic heterocycles. The first-order valence-electron chi connectivity index (χ1n) is 6.03. The minimum absolute atomic E-state index is 0.0885. The maximum Gasteiger partial charge on any atom is 0.303 e. The minimum Gasteiger partial charge on any atom is -0.493 e. The Hall–Kier alpha value is -1.51. The Morgan fingerprint density at radius 1 is 1.47 bits per heavy atom. The molecule has 0 bridgehead atoms. The zero-order chi connectivity index (χ0) is 12.4. The quantitative estimate of drug-likeness (QED) is 0.855. The molecular formula is C14H18O3. The highest BCUT2D eigenvalue weighted by molar-refractivity contribution is 5.68. The topological polar surface area (TPSA) is 46.5 Å². The van der Waals surface area contributed by atoms with Gasteiger partial charge >= 0.3 is 5.97 Å². The van der Waals surface area contributed by atoms with Crippen LogP contribution < -0.4 is 4.74 Å². The first-order chi connectivity index (χ1) is 8.08. The number of aliphatic carboxylic acids is 1. The molecule has 0 spiro atoms. The molecule has 1 unspecified atom stereocenters. The molecule has 0 saturated heterocycles. The number of fused-ring (bicyclic) bond motifs is 1. The summed E-state index contributed by atoms with van der Waals surface area (Å²) in [5.41, 5.74) is 3.40. The summed E-state index contributed by atoms with van der Waals surface area (Å²) in [4.78, 5) is 10.9. The predicted molar refractivity (Wildman–Crippen MR) is 65.6 cm³/mol. The first-order valence-corrected chi connectivity index (χ1v) is 6.03. The average molecular weight is 234 g/mol. The van der Waals surface area contributed by atoms with E-state index in [-0.39, 0.29) is 12.3 Å². The van der Waals surface area contributed by atoms with Crippen molar-refractivity contribution in [1.82, 2.24) is 0 Å². The summed E-state index contributed by atoms with van der Waals surface area (Å²) in [7, 11) is 0. The van der Waals surface area contributed by atoms with Crippen LogP contribution in [0.25, 0.3) is 0 Å². The molecular weight excluding hydrogens is 216 g/mol. The van der Waals surface area contributed by atoms with Crippen molar-refractivity contribution in [3.8, 4) is 5.75 Å². The van der Waals surface area contributed by atoms with Gasteiger partial charge < -0.3 is 9.84 Å². The van der Waals surface area contributed by atoms with Crippen LogP contribution in [0, 0.1) is 13.8 Å². The van der Waals surface area contributed by atoms with E-state index < -0.39 is 5.97 Å². The molecule has 3 nitrogen and oxygen atoms in total. The molecule has 2 rings (SSSR count). The summed E-state index contributed by atoms with van der Waals surface area (Å²) in [5, 5.41) is 8.99. The number of ether oxygens (including phenoxy) is 1. The first kappa shape index (κ1) is 12.0. The molecule has 1 aromatic rings. The van der Waals surface area contributed by atoms with Gasteiger partial charge in [-0.1, -0.05) is 6.07 Å². The van der Waals surface area contributed by atoms with Gasteiger partial charge in [0.25, 0.3) is 0 Å². The third-order valence-corrected chi connectivity index (χ3v) is 3.28. The van der Waals surface area contributed by atoms with Gasteiger partial charge in [0.1, 0.15) is 5.75 Å². The average Bonchev–Trinajstić information content (AvgIpc) is 2.39. The summed E-state index contributed by atoms with van der Waals surface area (Å²) in [6.07, 6.45) is 2.01. The van der Waals surface area contributed by atoms with Gasteiger partial charge in [0.15, 0.2) is 0 Å². The Bertz CT molecular complexity index is 437. The molecule has 0 aliphatic carbocycles. The zero-order valence-corrected chi connectivity index (χ0v) is 10.3. The van der Waals surface area contributed by atoms with E-state index in [0.29, 0.717) is 6.61 Å². The SMILES string of the molecule is Cc1cc(C)c2c(c1)OCCCC2CC(=O)O. The van der Waals surface area contributed by atoms with Gasteiger partial charge in [-0.3, -0.25) is 4.79 Å². The summed E-state index contributed by atoms with van der Waals surface area (Å²) in [6, 6.07) is 4.12. The molecule has 1 aliphatic rings. The van der Waals surface area contributed by atoms with Crippen molar-refractivity contribution in [3.63, 3.8) is 0 Å². The lowest BCUT2D eigenvalue weighted by atomic mass is 9.87. The third kappa shape index (κ3) is 2.60. The van der Waals surface area contributed by atoms with Crippen molar-refractivity contribution in [2.24, 2.45) is 0 Å². The Labute approximate surface area is 101 Å². The molecule has 0 radical (unpaired) electrons. The number of aryl methyl sites for hydroxylation is 2. The van der Waals surface area contributed by atoms with Gasteiger partial charge in [-0.2, -0.15) is 0 Å². The van der Waals surface area contributed by atoms with Gasteiger partial charge in [0.05, 0.1) is 13.0 Å². The van der Waals surface area contributed by atoms with Crippen molar-refractivity contribution in [3.05, 3.63) is 28.8 Å². The molecule has 1 heterocycles. The van der Waals surface area contributed by atoms with Crippen LogP contribution in [-0.4, -0.2) is 17.7 Å². The van der Waals surface area contributed by atoms with Gasteiger partial charge in [-0.25, -0.2) is 0 Å². The zero-order valence-electron chi connectivity index (χ0n) is 10.3. The Morgan fingerprint density at radius 3 is 2.94 bits per heavy atom. The molecule has 0 amide bonds. The van der Waals surface area contributed by atoms with Crippen LogP contribution >= 0.6 is 0 Å². The van der Waals surface area contributed by atoms with E-state index in [4.69, 9.17) is 9.84 Å². The number of hydrogen-bond donors (Lipinski definition) is 1. The number of carboxylic acids is 1. The second kappa shape index (κ2) is 4.78. The Kier molecular flexibility index (Phi) is 3.36. The Balaban J connectivity index is 2.43. The molecule has 17 heavy (non-hydrogen) atoms. The molecule has 0 saturated carbocycles. The molecule has 1 atom stereocenters. The number of carbonyl (C=O) groups is 1. The molecule has 1 aromatic carbocycles. The highest BCUT2D eigenvalue weighted by atomic mass is 16.5. The molecule has 0 fully saturated rings. The monoisotopic (exact) mass is 234 g/mol. The van der Waals surface area contributed by atoms with Crippen molar-refractivity contribution in [2.45, 2.75) is 39.0 Å². The molecule has 1 aliphatic heterocycles. The van der Waals surface area contributed by atoms with E-state index in [9.17, 15) is 4.79 Å². The summed E-state index contributed by atoms with van der Waals surface area (Å²) in [5.74, 6) is 0.236. The number of benzene rings is 1. The smallest absolute Gasteiger partial charge is 0.303 e. The lowest BCUT2D eigenvalue weighted by molar-refractivity contribution is -0.137. The fraction of sp³-hybridized carbons (Fsp3) is 0.500. The van der Waals surface area contributed by atoms with E-state index in [1.165, 1.54) is 0 Å². The van der Waals surface area contributed by atoms with E-state index in [1.54, 1.807) is 0 Å². The molecule has 3 heteroatoms. The molecule has 92 valence electrons. The maximum atomic E-state index is 10.9. The lowest BCUT2D eigenvalue weighted by Gasteiger charge is -2.18. The van der Waals surface area contributed by atoms with Crippen molar-refractivity contribution in [1.29, 1.82) is 0 Å². The van der Waals surface area contributed by atoms with Crippen LogP contribution in [0.4, 0.5) is 0 Å². The lowest BCUT2D eigenvalue weighted by Crippen LogP contribution is -2.07. The second-order valence-electron chi connectivity index (χ2n) is 4.78. The number of hydrogen-bond acceptors (Lipinski definition) is 2. The van der Waals surface area contributed by atoms with E-state index in [0.717, 1.165) is 35.3 Å². The van der Waals surface area contributed by atoms with Gasteiger partial charge in [0, 0.05) is 5.56 Å². The summed E-state index contributed by atoms with van der Waals surface area (Å²) < 4.78 is 5.73. The van der Waals surface area contributed by atoms with Gasteiger partial charge in [0.2, 0.25) is 0 Å². The Morgan fingerprint density at radius 2 is 2.24 bits per heavy atom. The summed E-state index contributed by atoms with van der Waals surface area (Å²) >= 11 is 0. The van der Waals surface area contributed by atoms with Crippen LogP contribution in [0.3, 0.4) is 0 Å². The highest BCUT2D eigenvalue weighted by Crippen LogP contribution is 2.38. The van der Waals surface area contributed by atoms with Gasteiger partial charge in [-0.15, -0.1) is 0 Å². The number of rotatable bonds is 2. The van der Waals surface area contributed by atoms with Crippen LogP contribution in [-0.2, 0) is 4.79 Å². The number of carboxylic acid groups (broad SMARTS) is 1. The minimum atomic E-state index is -0.733. The predicted octanol–water partition coefficient (Wildman–Crippen LogP) is 3.03. The normalized spacial score (nSPS) is 19.1. The van der Waals surface area contributed by atoms with Gasteiger partial charge in [-0.05, 0) is 49.8 Å². The standard InChI is InChI=1S/C14H18O3/c1-9-6-10(2)14-11(8-13(15)16)4-3-5-17-12(14)7-9/h6-7,11H,3-5,8H2,1-2H3,(H,15,16). The fourth-order valence-electron chi connectivity index (χ4n) is 2.65. The van der Waals surface area contributed by atoms with Crippen molar-refractivity contribution in [2.75, 3.05) is 6.61 Å². The van der Waals surface area contributed by atoms with E-state index >= 15 is 0 Å². The summed E-state index contributed by atoms with van der Waals surface area (Å²) in [6.45, 7) is 4.76. The van der Waals surface area contributed by atoms with Crippen LogP contribution in [0.2, 0.25) is 0 Å². The second-order valence-corrected chi connectivity index (χ2v) is 4.78. The van der Waals surface area contributed by atoms with Crippen molar-refractivity contribution < 1.29 is 14.6 Å².